The first kappa shape index (κ1) is 12.0. The van der Waals surface area contributed by atoms with Crippen molar-refractivity contribution in [2.45, 2.75) is 0 Å². The summed E-state index contributed by atoms with van der Waals surface area (Å²) in [6, 6.07) is 7.06. The molecule has 5 nitrogen and oxygen atoms in total. The van der Waals surface area contributed by atoms with Gasteiger partial charge in [-0.25, -0.2) is 4.79 Å². The first-order valence-electron chi connectivity index (χ1n) is 5.24. The van der Waals surface area contributed by atoms with E-state index in [4.69, 9.17) is 19.5 Å². The topological polar surface area (TPSA) is 68.5 Å². The Kier molecular flexibility index (Phi) is 3.20. The standard InChI is InChI=1S/C13H11NO4/c1-16-11-4-3-8(5-12(11)17-2)10-7-18-13(15)9(10)6-14/h3-5H,7H2,1-2H3. The van der Waals surface area contributed by atoms with E-state index in [1.165, 1.54) is 7.11 Å². The quantitative estimate of drug-likeness (QED) is 0.755. The van der Waals surface area contributed by atoms with Gasteiger partial charge in [0.1, 0.15) is 18.2 Å². The molecule has 0 unspecified atom stereocenters. The van der Waals surface area contributed by atoms with Crippen LogP contribution in [-0.2, 0) is 9.53 Å². The lowest BCUT2D eigenvalue weighted by molar-refractivity contribution is -0.135. The van der Waals surface area contributed by atoms with Crippen molar-refractivity contribution >= 4 is 11.5 Å². The summed E-state index contributed by atoms with van der Waals surface area (Å²) in [4.78, 5) is 11.3. The van der Waals surface area contributed by atoms with Crippen LogP contribution in [0.4, 0.5) is 0 Å². The number of hydrogen-bond acceptors (Lipinski definition) is 5. The number of benzene rings is 1. The van der Waals surface area contributed by atoms with Crippen molar-refractivity contribution in [2.24, 2.45) is 0 Å². The number of methoxy groups -OCH3 is 2. The van der Waals surface area contributed by atoms with E-state index < -0.39 is 5.97 Å². The maximum atomic E-state index is 11.3. The van der Waals surface area contributed by atoms with Gasteiger partial charge in [-0.1, -0.05) is 6.07 Å². The van der Waals surface area contributed by atoms with E-state index in [-0.39, 0.29) is 12.2 Å². The van der Waals surface area contributed by atoms with Crippen LogP contribution < -0.4 is 9.47 Å². The van der Waals surface area contributed by atoms with Gasteiger partial charge in [0.2, 0.25) is 0 Å². The van der Waals surface area contributed by atoms with Crippen molar-refractivity contribution in [2.75, 3.05) is 20.8 Å². The van der Waals surface area contributed by atoms with Crippen LogP contribution in [-0.4, -0.2) is 26.8 Å². The zero-order valence-corrected chi connectivity index (χ0v) is 10.0. The van der Waals surface area contributed by atoms with Crippen molar-refractivity contribution in [3.8, 4) is 17.6 Å². The predicted molar refractivity (Wildman–Crippen MR) is 63.0 cm³/mol. The number of cyclic esters (lactones) is 1. The average molecular weight is 245 g/mol. The first-order valence-corrected chi connectivity index (χ1v) is 5.24. The van der Waals surface area contributed by atoms with Crippen molar-refractivity contribution in [3.63, 3.8) is 0 Å². The lowest BCUT2D eigenvalue weighted by atomic mass is 10.0. The van der Waals surface area contributed by atoms with Gasteiger partial charge in [-0.2, -0.15) is 5.26 Å². The predicted octanol–water partition coefficient (Wildman–Crippen LogP) is 1.54. The van der Waals surface area contributed by atoms with Gasteiger partial charge in [0.05, 0.1) is 14.2 Å². The van der Waals surface area contributed by atoms with E-state index in [9.17, 15) is 4.79 Å². The molecular formula is C13H11NO4. The molecule has 0 aliphatic carbocycles. The van der Waals surface area contributed by atoms with Gasteiger partial charge < -0.3 is 14.2 Å². The van der Waals surface area contributed by atoms with Gasteiger partial charge in [0.15, 0.2) is 11.5 Å². The van der Waals surface area contributed by atoms with Crippen molar-refractivity contribution < 1.29 is 19.0 Å². The Morgan fingerprint density at radius 2 is 2.00 bits per heavy atom. The molecule has 18 heavy (non-hydrogen) atoms. The summed E-state index contributed by atoms with van der Waals surface area (Å²) in [7, 11) is 3.07. The molecule has 0 atom stereocenters. The largest absolute Gasteiger partial charge is 0.493 e. The first-order chi connectivity index (χ1) is 8.71. The second-order valence-corrected chi connectivity index (χ2v) is 3.61. The minimum atomic E-state index is -0.581. The molecule has 0 saturated carbocycles. The third kappa shape index (κ3) is 1.89. The van der Waals surface area contributed by atoms with Crippen LogP contribution in [0, 0.1) is 11.3 Å². The number of carbonyl (C=O) groups excluding carboxylic acids is 1. The number of esters is 1. The van der Waals surface area contributed by atoms with Crippen LogP contribution in [0.25, 0.3) is 5.57 Å². The molecule has 1 aliphatic heterocycles. The summed E-state index contributed by atoms with van der Waals surface area (Å²) >= 11 is 0. The highest BCUT2D eigenvalue weighted by molar-refractivity contribution is 6.05. The number of nitrogens with zero attached hydrogens (tertiary/aromatic N) is 1. The SMILES string of the molecule is COc1ccc(C2=C(C#N)C(=O)OC2)cc1OC. The maximum Gasteiger partial charge on any atom is 0.349 e. The van der Waals surface area contributed by atoms with E-state index in [0.717, 1.165) is 5.56 Å². The number of carbonyl (C=O) groups is 1. The van der Waals surface area contributed by atoms with Crippen molar-refractivity contribution in [3.05, 3.63) is 29.3 Å². The molecule has 0 spiro atoms. The highest BCUT2D eigenvalue weighted by Gasteiger charge is 2.26. The van der Waals surface area contributed by atoms with E-state index in [0.29, 0.717) is 17.1 Å². The molecule has 0 saturated heterocycles. The second kappa shape index (κ2) is 4.80. The molecule has 2 rings (SSSR count). The molecule has 0 N–H and O–H groups in total. The van der Waals surface area contributed by atoms with Crippen LogP contribution in [0.3, 0.4) is 0 Å². The molecule has 5 heteroatoms. The molecular weight excluding hydrogens is 234 g/mol. The fraction of sp³-hybridized carbons (Fsp3) is 0.231. The number of ether oxygens (including phenoxy) is 3. The lowest BCUT2D eigenvalue weighted by Crippen LogP contribution is -1.96. The minimum Gasteiger partial charge on any atom is -0.493 e. The Bertz CT molecular complexity index is 569. The highest BCUT2D eigenvalue weighted by Crippen LogP contribution is 2.33. The maximum absolute atomic E-state index is 11.3. The Labute approximate surface area is 104 Å². The number of hydrogen-bond donors (Lipinski definition) is 0. The Balaban J connectivity index is 2.50. The van der Waals surface area contributed by atoms with Crippen molar-refractivity contribution in [1.29, 1.82) is 5.26 Å². The summed E-state index contributed by atoms with van der Waals surface area (Å²) in [5.41, 5.74) is 1.33. The smallest absolute Gasteiger partial charge is 0.349 e. The fourth-order valence-corrected chi connectivity index (χ4v) is 1.77. The molecule has 1 aromatic carbocycles. The van der Waals surface area contributed by atoms with Gasteiger partial charge in [0.25, 0.3) is 0 Å². The van der Waals surface area contributed by atoms with Crippen LogP contribution in [0.5, 0.6) is 11.5 Å². The summed E-state index contributed by atoms with van der Waals surface area (Å²) in [6.45, 7) is 0.108. The second-order valence-electron chi connectivity index (χ2n) is 3.61. The molecule has 0 amide bonds. The Morgan fingerprint density at radius 3 is 2.61 bits per heavy atom. The molecule has 0 radical (unpaired) electrons. The van der Waals surface area contributed by atoms with Gasteiger partial charge in [0, 0.05) is 5.57 Å². The van der Waals surface area contributed by atoms with Crippen molar-refractivity contribution in [1.82, 2.24) is 0 Å². The Morgan fingerprint density at radius 1 is 1.28 bits per heavy atom. The van der Waals surface area contributed by atoms with Gasteiger partial charge in [-0.3, -0.25) is 0 Å². The summed E-state index contributed by atoms with van der Waals surface area (Å²) in [5, 5.41) is 8.93. The minimum absolute atomic E-state index is 0.0437. The zero-order valence-electron chi connectivity index (χ0n) is 10.0. The van der Waals surface area contributed by atoms with Gasteiger partial charge >= 0.3 is 5.97 Å². The normalized spacial score (nSPS) is 14.2. The summed E-state index contributed by atoms with van der Waals surface area (Å²) in [6.07, 6.45) is 0. The van der Waals surface area contributed by atoms with E-state index in [1.54, 1.807) is 25.3 Å². The van der Waals surface area contributed by atoms with Crippen LogP contribution in [0.15, 0.2) is 23.8 Å². The molecule has 0 bridgehead atoms. The van der Waals surface area contributed by atoms with Gasteiger partial charge in [-0.05, 0) is 17.7 Å². The third-order valence-electron chi connectivity index (χ3n) is 2.70. The Hall–Kier alpha value is -2.48. The number of rotatable bonds is 3. The molecule has 1 aromatic rings. The third-order valence-corrected chi connectivity index (χ3v) is 2.70. The summed E-state index contributed by atoms with van der Waals surface area (Å²) < 4.78 is 15.1. The monoisotopic (exact) mass is 245 g/mol. The molecule has 0 fully saturated rings. The highest BCUT2D eigenvalue weighted by atomic mass is 16.5. The van der Waals surface area contributed by atoms with Crippen LogP contribution in [0.2, 0.25) is 0 Å². The molecule has 1 heterocycles. The van der Waals surface area contributed by atoms with E-state index in [2.05, 4.69) is 0 Å². The van der Waals surface area contributed by atoms with E-state index in [1.807, 2.05) is 6.07 Å². The zero-order chi connectivity index (χ0) is 13.1. The molecule has 0 aromatic heterocycles. The lowest BCUT2D eigenvalue weighted by Gasteiger charge is -2.09. The van der Waals surface area contributed by atoms with Crippen LogP contribution in [0.1, 0.15) is 5.56 Å². The fourth-order valence-electron chi connectivity index (χ4n) is 1.77. The molecule has 1 aliphatic rings. The molecule has 92 valence electrons. The van der Waals surface area contributed by atoms with E-state index >= 15 is 0 Å². The van der Waals surface area contributed by atoms with Gasteiger partial charge in [-0.15, -0.1) is 0 Å². The summed E-state index contributed by atoms with van der Waals surface area (Å²) in [5.74, 6) is 0.548. The number of nitriles is 1. The average Bonchev–Trinajstić information content (AvgIpc) is 2.78. The van der Waals surface area contributed by atoms with Crippen LogP contribution >= 0.6 is 0 Å².